The summed E-state index contributed by atoms with van der Waals surface area (Å²) >= 11 is 11.7. The van der Waals surface area contributed by atoms with Crippen molar-refractivity contribution in [2.24, 2.45) is 0 Å². The number of amides is 1. The summed E-state index contributed by atoms with van der Waals surface area (Å²) in [5, 5.41) is 0.551. The highest BCUT2D eigenvalue weighted by atomic mass is 35.5. The highest BCUT2D eigenvalue weighted by molar-refractivity contribution is 6.31. The number of hydrogen-bond acceptors (Lipinski definition) is 1. The van der Waals surface area contributed by atoms with E-state index in [0.29, 0.717) is 18.0 Å². The van der Waals surface area contributed by atoms with Crippen molar-refractivity contribution in [2.45, 2.75) is 11.8 Å². The van der Waals surface area contributed by atoms with Gasteiger partial charge in [-0.3, -0.25) is 4.79 Å². The summed E-state index contributed by atoms with van der Waals surface area (Å²) in [6.07, 6.45) is 0.411. The third-order valence-electron chi connectivity index (χ3n) is 2.20. The molecule has 0 bridgehead atoms. The lowest BCUT2D eigenvalue weighted by molar-refractivity contribution is -0.117. The van der Waals surface area contributed by atoms with E-state index in [9.17, 15) is 4.79 Å². The second-order valence-corrected chi connectivity index (χ2v) is 4.34. The molecule has 74 valence electrons. The Morgan fingerprint density at radius 1 is 1.43 bits per heavy atom. The number of benzene rings is 1. The van der Waals surface area contributed by atoms with E-state index in [1.54, 1.807) is 17.0 Å². The molecule has 1 aromatic carbocycles. The predicted molar refractivity (Wildman–Crippen MR) is 58.1 cm³/mol. The number of alkyl halides is 1. The molecule has 1 unspecified atom stereocenters. The number of rotatable bonds is 1. The quantitative estimate of drug-likeness (QED) is 0.679. The second kappa shape index (κ2) is 3.79. The Kier molecular flexibility index (Phi) is 2.66. The van der Waals surface area contributed by atoms with Gasteiger partial charge in [-0.05, 0) is 18.2 Å². The molecule has 0 radical (unpaired) electrons. The molecule has 0 spiro atoms. The molecule has 4 heteroatoms. The normalized spacial score (nSPS) is 21.7. The van der Waals surface area contributed by atoms with Crippen LogP contribution in [0.3, 0.4) is 0 Å². The smallest absolute Gasteiger partial charge is 0.228 e. The maximum Gasteiger partial charge on any atom is 0.228 e. The average molecular weight is 230 g/mol. The molecular weight excluding hydrogens is 221 g/mol. The summed E-state index contributed by atoms with van der Waals surface area (Å²) in [6.45, 7) is 0.570. The van der Waals surface area contributed by atoms with E-state index in [0.717, 1.165) is 5.69 Å². The van der Waals surface area contributed by atoms with E-state index in [1.165, 1.54) is 0 Å². The van der Waals surface area contributed by atoms with Crippen LogP contribution in [0.2, 0.25) is 5.02 Å². The molecule has 1 amide bonds. The van der Waals surface area contributed by atoms with Crippen molar-refractivity contribution in [3.8, 4) is 0 Å². The Hall–Kier alpha value is -0.730. The molecule has 2 nitrogen and oxygen atoms in total. The summed E-state index contributed by atoms with van der Waals surface area (Å²) in [6, 6.07) is 7.24. The average Bonchev–Trinajstić information content (AvgIpc) is 2.45. The maximum absolute atomic E-state index is 11.5. The fourth-order valence-corrected chi connectivity index (χ4v) is 2.01. The molecule has 1 aliphatic rings. The monoisotopic (exact) mass is 229 g/mol. The molecule has 0 aromatic heterocycles. The Morgan fingerprint density at radius 2 is 2.21 bits per heavy atom. The zero-order valence-corrected chi connectivity index (χ0v) is 8.92. The molecule has 0 N–H and O–H groups in total. The van der Waals surface area contributed by atoms with E-state index in [1.807, 2.05) is 12.1 Å². The largest absolute Gasteiger partial charge is 0.311 e. The SMILES string of the molecule is O=C1CC(Cl)CN1c1cccc(Cl)c1. The highest BCUT2D eigenvalue weighted by Gasteiger charge is 2.28. The number of hydrogen-bond donors (Lipinski definition) is 0. The van der Waals surface area contributed by atoms with Crippen LogP contribution in [0.5, 0.6) is 0 Å². The predicted octanol–water partition coefficient (Wildman–Crippen LogP) is 2.68. The Morgan fingerprint density at radius 3 is 2.79 bits per heavy atom. The summed E-state index contributed by atoms with van der Waals surface area (Å²) < 4.78 is 0. The van der Waals surface area contributed by atoms with Crippen LogP contribution in [-0.4, -0.2) is 17.8 Å². The molecule has 0 aliphatic carbocycles. The first-order valence-corrected chi connectivity index (χ1v) is 5.18. The van der Waals surface area contributed by atoms with Crippen LogP contribution >= 0.6 is 23.2 Å². The van der Waals surface area contributed by atoms with Crippen molar-refractivity contribution in [2.75, 3.05) is 11.4 Å². The van der Waals surface area contributed by atoms with Gasteiger partial charge in [-0.25, -0.2) is 0 Å². The zero-order valence-electron chi connectivity index (χ0n) is 7.41. The van der Waals surface area contributed by atoms with E-state index in [-0.39, 0.29) is 11.3 Å². The van der Waals surface area contributed by atoms with Crippen LogP contribution in [-0.2, 0) is 4.79 Å². The molecule has 14 heavy (non-hydrogen) atoms. The van der Waals surface area contributed by atoms with Gasteiger partial charge >= 0.3 is 0 Å². The highest BCUT2D eigenvalue weighted by Crippen LogP contribution is 2.26. The first-order chi connectivity index (χ1) is 6.66. The summed E-state index contributed by atoms with van der Waals surface area (Å²) in [5.74, 6) is 0.0623. The van der Waals surface area contributed by atoms with E-state index < -0.39 is 0 Å². The second-order valence-electron chi connectivity index (χ2n) is 3.29. The van der Waals surface area contributed by atoms with Crippen LogP contribution in [0.25, 0.3) is 0 Å². The van der Waals surface area contributed by atoms with E-state index >= 15 is 0 Å². The van der Waals surface area contributed by atoms with Gasteiger partial charge in [0.2, 0.25) is 5.91 Å². The van der Waals surface area contributed by atoms with Crippen LogP contribution in [0, 0.1) is 0 Å². The van der Waals surface area contributed by atoms with Gasteiger partial charge in [0.25, 0.3) is 0 Å². The van der Waals surface area contributed by atoms with Gasteiger partial charge in [0.05, 0.1) is 5.38 Å². The lowest BCUT2D eigenvalue weighted by Gasteiger charge is -2.15. The van der Waals surface area contributed by atoms with Gasteiger partial charge in [0, 0.05) is 23.7 Å². The van der Waals surface area contributed by atoms with Gasteiger partial charge in [0.15, 0.2) is 0 Å². The van der Waals surface area contributed by atoms with Gasteiger partial charge in [-0.1, -0.05) is 17.7 Å². The van der Waals surface area contributed by atoms with Crippen LogP contribution in [0.1, 0.15) is 6.42 Å². The lowest BCUT2D eigenvalue weighted by Crippen LogP contribution is -2.24. The van der Waals surface area contributed by atoms with Gasteiger partial charge < -0.3 is 4.90 Å². The Labute approximate surface area is 92.4 Å². The third kappa shape index (κ3) is 1.86. The topological polar surface area (TPSA) is 20.3 Å². The molecule has 1 saturated heterocycles. The number of nitrogens with zero attached hydrogens (tertiary/aromatic N) is 1. The lowest BCUT2D eigenvalue weighted by atomic mass is 10.3. The minimum absolute atomic E-state index is 0.0623. The maximum atomic E-state index is 11.5. The molecule has 2 rings (SSSR count). The first-order valence-electron chi connectivity index (χ1n) is 4.37. The van der Waals surface area contributed by atoms with E-state index in [2.05, 4.69) is 0 Å². The molecular formula is C10H9Cl2NO. The minimum Gasteiger partial charge on any atom is -0.311 e. The third-order valence-corrected chi connectivity index (χ3v) is 2.73. The fourth-order valence-electron chi connectivity index (χ4n) is 1.56. The van der Waals surface area contributed by atoms with Crippen molar-refractivity contribution >= 4 is 34.8 Å². The van der Waals surface area contributed by atoms with Crippen molar-refractivity contribution in [3.63, 3.8) is 0 Å². The number of halogens is 2. The van der Waals surface area contributed by atoms with Crippen LogP contribution in [0.15, 0.2) is 24.3 Å². The number of carbonyl (C=O) groups excluding carboxylic acids is 1. The van der Waals surface area contributed by atoms with E-state index in [4.69, 9.17) is 23.2 Å². The van der Waals surface area contributed by atoms with Crippen molar-refractivity contribution < 1.29 is 4.79 Å². The standard InChI is InChI=1S/C10H9Cl2NO/c11-7-2-1-3-9(4-7)13-6-8(12)5-10(13)14/h1-4,8H,5-6H2. The zero-order chi connectivity index (χ0) is 10.1. The van der Waals surface area contributed by atoms with Crippen molar-refractivity contribution in [1.29, 1.82) is 0 Å². The Balaban J connectivity index is 2.27. The van der Waals surface area contributed by atoms with Crippen molar-refractivity contribution in [3.05, 3.63) is 29.3 Å². The summed E-state index contributed by atoms with van der Waals surface area (Å²) in [5.41, 5.74) is 0.825. The van der Waals surface area contributed by atoms with Gasteiger partial charge in [-0.15, -0.1) is 11.6 Å². The molecule has 1 fully saturated rings. The molecule has 0 saturated carbocycles. The summed E-state index contributed by atoms with van der Waals surface area (Å²) in [7, 11) is 0. The molecule has 1 atom stereocenters. The molecule has 1 aliphatic heterocycles. The van der Waals surface area contributed by atoms with Gasteiger partial charge in [-0.2, -0.15) is 0 Å². The van der Waals surface area contributed by atoms with Crippen LogP contribution in [0.4, 0.5) is 5.69 Å². The molecule has 1 heterocycles. The molecule has 1 aromatic rings. The fraction of sp³-hybridized carbons (Fsp3) is 0.300. The minimum atomic E-state index is -0.0820. The van der Waals surface area contributed by atoms with Crippen molar-refractivity contribution in [1.82, 2.24) is 0 Å². The summed E-state index contributed by atoms with van der Waals surface area (Å²) in [4.78, 5) is 13.2. The Bertz CT molecular complexity index is 367. The van der Waals surface area contributed by atoms with Crippen LogP contribution < -0.4 is 4.90 Å². The number of carbonyl (C=O) groups is 1. The first kappa shape index (κ1) is 9.81. The number of anilines is 1. The van der Waals surface area contributed by atoms with Gasteiger partial charge in [0.1, 0.15) is 0 Å².